The van der Waals surface area contributed by atoms with Crippen LogP contribution >= 0.6 is 0 Å². The molecular formula is C16H21N3O. The SMILES string of the molecule is Cc1ccccc1C(=O)NCCn1nc(C)c(C)c1C. The predicted molar refractivity (Wildman–Crippen MR) is 80.0 cm³/mol. The van der Waals surface area contributed by atoms with Crippen LogP contribution in [0.2, 0.25) is 0 Å². The third-order valence-corrected chi connectivity index (χ3v) is 3.74. The smallest absolute Gasteiger partial charge is 0.251 e. The quantitative estimate of drug-likeness (QED) is 0.929. The number of nitrogens with zero attached hydrogens (tertiary/aromatic N) is 2. The Hall–Kier alpha value is -2.10. The highest BCUT2D eigenvalue weighted by Crippen LogP contribution is 2.10. The molecule has 0 aliphatic carbocycles. The maximum absolute atomic E-state index is 12.1. The minimum atomic E-state index is -0.0265. The predicted octanol–water partition coefficient (Wildman–Crippen LogP) is 2.55. The zero-order valence-electron chi connectivity index (χ0n) is 12.5. The largest absolute Gasteiger partial charge is 0.350 e. The first-order valence-corrected chi connectivity index (χ1v) is 6.85. The van der Waals surface area contributed by atoms with Gasteiger partial charge in [-0.25, -0.2) is 0 Å². The van der Waals surface area contributed by atoms with Crippen LogP contribution in [0.25, 0.3) is 0 Å². The third-order valence-electron chi connectivity index (χ3n) is 3.74. The summed E-state index contributed by atoms with van der Waals surface area (Å²) in [5.74, 6) is -0.0265. The molecule has 1 aromatic carbocycles. The van der Waals surface area contributed by atoms with Crippen molar-refractivity contribution in [3.05, 3.63) is 52.3 Å². The van der Waals surface area contributed by atoms with Gasteiger partial charge in [0.15, 0.2) is 0 Å². The second-order valence-corrected chi connectivity index (χ2v) is 5.09. The zero-order chi connectivity index (χ0) is 14.7. The second kappa shape index (κ2) is 5.90. The molecule has 0 saturated heterocycles. The van der Waals surface area contributed by atoms with Gasteiger partial charge < -0.3 is 5.32 Å². The van der Waals surface area contributed by atoms with Gasteiger partial charge in [0.25, 0.3) is 5.91 Å². The van der Waals surface area contributed by atoms with Crippen LogP contribution in [0.3, 0.4) is 0 Å². The summed E-state index contributed by atoms with van der Waals surface area (Å²) in [6, 6.07) is 7.61. The fraction of sp³-hybridized carbons (Fsp3) is 0.375. The fourth-order valence-corrected chi connectivity index (χ4v) is 2.20. The first-order valence-electron chi connectivity index (χ1n) is 6.85. The molecule has 1 aromatic heterocycles. The van der Waals surface area contributed by atoms with Crippen molar-refractivity contribution in [1.82, 2.24) is 15.1 Å². The molecule has 1 amide bonds. The highest BCUT2D eigenvalue weighted by Gasteiger charge is 2.09. The van der Waals surface area contributed by atoms with Gasteiger partial charge in [-0.3, -0.25) is 9.48 Å². The molecule has 0 aliphatic rings. The first-order chi connectivity index (χ1) is 9.50. The molecular weight excluding hydrogens is 250 g/mol. The molecule has 0 radical (unpaired) electrons. The van der Waals surface area contributed by atoms with Crippen LogP contribution in [0.15, 0.2) is 24.3 Å². The van der Waals surface area contributed by atoms with Gasteiger partial charge >= 0.3 is 0 Å². The zero-order valence-corrected chi connectivity index (χ0v) is 12.5. The lowest BCUT2D eigenvalue weighted by Crippen LogP contribution is -2.28. The Labute approximate surface area is 119 Å². The first kappa shape index (κ1) is 14.3. The molecule has 2 aromatic rings. The van der Waals surface area contributed by atoms with E-state index in [0.717, 1.165) is 22.5 Å². The van der Waals surface area contributed by atoms with Crippen LogP contribution in [0, 0.1) is 27.7 Å². The van der Waals surface area contributed by atoms with E-state index in [1.807, 2.05) is 42.8 Å². The van der Waals surface area contributed by atoms with Gasteiger partial charge in [-0.1, -0.05) is 18.2 Å². The average Bonchev–Trinajstić information content (AvgIpc) is 2.67. The molecule has 0 spiro atoms. The van der Waals surface area contributed by atoms with E-state index in [1.54, 1.807) is 0 Å². The number of carbonyl (C=O) groups excluding carboxylic acids is 1. The number of amides is 1. The van der Waals surface area contributed by atoms with Crippen molar-refractivity contribution < 1.29 is 4.79 Å². The number of aryl methyl sites for hydroxylation is 2. The van der Waals surface area contributed by atoms with Gasteiger partial charge in [0.05, 0.1) is 12.2 Å². The van der Waals surface area contributed by atoms with Crippen molar-refractivity contribution in [3.63, 3.8) is 0 Å². The Bertz CT molecular complexity index is 629. The molecule has 0 aliphatic heterocycles. The normalized spacial score (nSPS) is 10.6. The Morgan fingerprint density at radius 2 is 1.90 bits per heavy atom. The Kier molecular flexibility index (Phi) is 4.23. The molecule has 106 valence electrons. The summed E-state index contributed by atoms with van der Waals surface area (Å²) >= 11 is 0. The summed E-state index contributed by atoms with van der Waals surface area (Å²) in [6.07, 6.45) is 0. The van der Waals surface area contributed by atoms with Crippen LogP contribution in [0.1, 0.15) is 32.9 Å². The van der Waals surface area contributed by atoms with E-state index in [9.17, 15) is 4.79 Å². The summed E-state index contributed by atoms with van der Waals surface area (Å²) < 4.78 is 1.95. The van der Waals surface area contributed by atoms with Crippen LogP contribution in [0.5, 0.6) is 0 Å². The monoisotopic (exact) mass is 271 g/mol. The topological polar surface area (TPSA) is 46.9 Å². The lowest BCUT2D eigenvalue weighted by atomic mass is 10.1. The number of hydrogen-bond donors (Lipinski definition) is 1. The minimum Gasteiger partial charge on any atom is -0.350 e. The fourth-order valence-electron chi connectivity index (χ4n) is 2.20. The molecule has 1 N–H and O–H groups in total. The number of nitrogens with one attached hydrogen (secondary N) is 1. The van der Waals surface area contributed by atoms with Gasteiger partial charge in [-0.2, -0.15) is 5.10 Å². The molecule has 0 fully saturated rings. The van der Waals surface area contributed by atoms with E-state index < -0.39 is 0 Å². The molecule has 0 atom stereocenters. The van der Waals surface area contributed by atoms with Crippen molar-refractivity contribution in [2.24, 2.45) is 0 Å². The van der Waals surface area contributed by atoms with Gasteiger partial charge in [-0.15, -0.1) is 0 Å². The molecule has 0 unspecified atom stereocenters. The van der Waals surface area contributed by atoms with Gasteiger partial charge in [-0.05, 0) is 44.9 Å². The van der Waals surface area contributed by atoms with Crippen molar-refractivity contribution in [2.75, 3.05) is 6.54 Å². The summed E-state index contributed by atoms with van der Waals surface area (Å²) in [4.78, 5) is 12.1. The average molecular weight is 271 g/mol. The highest BCUT2D eigenvalue weighted by atomic mass is 16.1. The number of hydrogen-bond acceptors (Lipinski definition) is 2. The van der Waals surface area contributed by atoms with Gasteiger partial charge in [0.1, 0.15) is 0 Å². The summed E-state index contributed by atoms with van der Waals surface area (Å²) in [5, 5.41) is 7.41. The maximum Gasteiger partial charge on any atom is 0.251 e. The van der Waals surface area contributed by atoms with E-state index in [-0.39, 0.29) is 5.91 Å². The molecule has 4 heteroatoms. The molecule has 0 saturated carbocycles. The minimum absolute atomic E-state index is 0.0265. The number of benzene rings is 1. The van der Waals surface area contributed by atoms with Crippen LogP contribution in [-0.4, -0.2) is 22.2 Å². The van der Waals surface area contributed by atoms with Crippen LogP contribution in [-0.2, 0) is 6.54 Å². The molecule has 2 rings (SSSR count). The van der Waals surface area contributed by atoms with Crippen molar-refractivity contribution >= 4 is 5.91 Å². The standard InChI is InChI=1S/C16H21N3O/c1-11-7-5-6-8-15(11)16(20)17-9-10-19-14(4)12(2)13(3)18-19/h5-8H,9-10H2,1-4H3,(H,17,20). The van der Waals surface area contributed by atoms with E-state index in [2.05, 4.69) is 24.3 Å². The van der Waals surface area contributed by atoms with Crippen LogP contribution < -0.4 is 5.32 Å². The summed E-state index contributed by atoms with van der Waals surface area (Å²) in [5.41, 5.74) is 5.15. The Balaban J connectivity index is 1.95. The molecule has 1 heterocycles. The molecule has 20 heavy (non-hydrogen) atoms. The Morgan fingerprint density at radius 3 is 2.50 bits per heavy atom. The van der Waals surface area contributed by atoms with Crippen molar-refractivity contribution in [1.29, 1.82) is 0 Å². The highest BCUT2D eigenvalue weighted by molar-refractivity contribution is 5.95. The van der Waals surface area contributed by atoms with E-state index in [4.69, 9.17) is 0 Å². The van der Waals surface area contributed by atoms with Crippen LogP contribution in [0.4, 0.5) is 0 Å². The van der Waals surface area contributed by atoms with Gasteiger partial charge in [0.2, 0.25) is 0 Å². The maximum atomic E-state index is 12.1. The molecule has 4 nitrogen and oxygen atoms in total. The summed E-state index contributed by atoms with van der Waals surface area (Å²) in [7, 11) is 0. The van der Waals surface area contributed by atoms with Crippen molar-refractivity contribution in [2.45, 2.75) is 34.2 Å². The lowest BCUT2D eigenvalue weighted by molar-refractivity contribution is 0.0951. The van der Waals surface area contributed by atoms with E-state index in [0.29, 0.717) is 13.1 Å². The number of rotatable bonds is 4. The van der Waals surface area contributed by atoms with Gasteiger partial charge in [0, 0.05) is 17.8 Å². The van der Waals surface area contributed by atoms with E-state index >= 15 is 0 Å². The number of carbonyl (C=O) groups is 1. The number of aromatic nitrogens is 2. The lowest BCUT2D eigenvalue weighted by Gasteiger charge is -2.08. The second-order valence-electron chi connectivity index (χ2n) is 5.09. The third kappa shape index (κ3) is 2.90. The summed E-state index contributed by atoms with van der Waals surface area (Å²) in [6.45, 7) is 9.34. The van der Waals surface area contributed by atoms with E-state index in [1.165, 1.54) is 5.56 Å². The Morgan fingerprint density at radius 1 is 1.20 bits per heavy atom. The molecule has 0 bridgehead atoms. The van der Waals surface area contributed by atoms with Crippen molar-refractivity contribution in [3.8, 4) is 0 Å².